The molecule has 0 amide bonds. The third-order valence-electron chi connectivity index (χ3n) is 3.23. The Morgan fingerprint density at radius 2 is 2.12 bits per heavy atom. The molecule has 4 heteroatoms. The van der Waals surface area contributed by atoms with Crippen LogP contribution in [0.5, 0.6) is 0 Å². The van der Waals surface area contributed by atoms with E-state index in [2.05, 4.69) is 5.32 Å². The third kappa shape index (κ3) is 4.37. The lowest BCUT2D eigenvalue weighted by atomic mass is 10.0. The molecule has 96 valence electrons. The minimum Gasteiger partial charge on any atom is -0.378 e. The molecule has 1 rings (SSSR count). The zero-order valence-electron chi connectivity index (χ0n) is 10.7. The average molecular weight is 231 g/mol. The molecular weight excluding hydrogens is 206 g/mol. The van der Waals surface area contributed by atoms with Crippen molar-refractivity contribution < 1.29 is 14.2 Å². The zero-order valence-corrected chi connectivity index (χ0v) is 10.7. The highest BCUT2D eigenvalue weighted by Gasteiger charge is 2.20. The van der Waals surface area contributed by atoms with Crippen LogP contribution in [0, 0.1) is 0 Å². The molecule has 1 aliphatic rings. The van der Waals surface area contributed by atoms with Crippen LogP contribution in [0.3, 0.4) is 0 Å². The molecule has 2 unspecified atom stereocenters. The lowest BCUT2D eigenvalue weighted by Crippen LogP contribution is -2.40. The minimum atomic E-state index is -0.158. The molecule has 0 aromatic heterocycles. The molecule has 1 fully saturated rings. The van der Waals surface area contributed by atoms with E-state index in [0.29, 0.717) is 6.10 Å². The van der Waals surface area contributed by atoms with Gasteiger partial charge in [0.1, 0.15) is 0 Å². The van der Waals surface area contributed by atoms with Gasteiger partial charge in [0.25, 0.3) is 0 Å². The second-order valence-electron chi connectivity index (χ2n) is 4.30. The lowest BCUT2D eigenvalue weighted by molar-refractivity contribution is -0.123. The van der Waals surface area contributed by atoms with Crippen LogP contribution < -0.4 is 5.32 Å². The maximum atomic E-state index is 5.60. The number of nitrogens with one attached hydrogen (secondary N) is 1. The van der Waals surface area contributed by atoms with Gasteiger partial charge in [-0.2, -0.15) is 0 Å². The number of ether oxygens (including phenoxy) is 3. The fourth-order valence-corrected chi connectivity index (χ4v) is 2.28. The summed E-state index contributed by atoms with van der Waals surface area (Å²) < 4.78 is 16.1. The van der Waals surface area contributed by atoms with E-state index in [1.54, 1.807) is 14.2 Å². The van der Waals surface area contributed by atoms with Crippen molar-refractivity contribution in [2.45, 2.75) is 50.5 Å². The van der Waals surface area contributed by atoms with Gasteiger partial charge in [-0.15, -0.1) is 0 Å². The Morgan fingerprint density at radius 1 is 1.38 bits per heavy atom. The van der Waals surface area contributed by atoms with Gasteiger partial charge in [-0.05, 0) is 39.2 Å². The Hall–Kier alpha value is -0.160. The molecule has 16 heavy (non-hydrogen) atoms. The largest absolute Gasteiger partial charge is 0.378 e. The number of hydrogen-bond acceptors (Lipinski definition) is 4. The summed E-state index contributed by atoms with van der Waals surface area (Å²) in [7, 11) is 5.30. The first-order valence-corrected chi connectivity index (χ1v) is 6.16. The lowest BCUT2D eigenvalue weighted by Gasteiger charge is -2.24. The maximum Gasteiger partial charge on any atom is 0.171 e. The van der Waals surface area contributed by atoms with E-state index in [1.165, 1.54) is 12.8 Å². The Balaban J connectivity index is 2.16. The normalized spacial score (nSPS) is 22.9. The van der Waals surface area contributed by atoms with Crippen LogP contribution in [0.25, 0.3) is 0 Å². The van der Waals surface area contributed by atoms with Crippen LogP contribution in [-0.2, 0) is 14.2 Å². The summed E-state index contributed by atoms with van der Waals surface area (Å²) in [6.07, 6.45) is 6.14. The molecule has 0 spiro atoms. The average Bonchev–Trinajstić information content (AvgIpc) is 2.81. The fourth-order valence-electron chi connectivity index (χ4n) is 2.28. The second kappa shape index (κ2) is 8.01. The SMILES string of the molecule is CNC(CCCC1CCCO1)C(OC)OC. The highest BCUT2D eigenvalue weighted by atomic mass is 16.7. The molecule has 0 radical (unpaired) electrons. The summed E-state index contributed by atoms with van der Waals surface area (Å²) in [6, 6.07) is 0.261. The molecule has 1 aliphatic heterocycles. The van der Waals surface area contributed by atoms with Crippen LogP contribution in [0.4, 0.5) is 0 Å². The van der Waals surface area contributed by atoms with E-state index >= 15 is 0 Å². The first kappa shape index (κ1) is 13.9. The fraction of sp³-hybridized carbons (Fsp3) is 1.00. The highest BCUT2D eigenvalue weighted by molar-refractivity contribution is 4.71. The van der Waals surface area contributed by atoms with Crippen molar-refractivity contribution in [2.24, 2.45) is 0 Å². The molecule has 0 aromatic rings. The van der Waals surface area contributed by atoms with E-state index in [4.69, 9.17) is 14.2 Å². The van der Waals surface area contributed by atoms with Gasteiger partial charge in [0.2, 0.25) is 0 Å². The summed E-state index contributed by atoms with van der Waals surface area (Å²) in [5.41, 5.74) is 0. The van der Waals surface area contributed by atoms with Crippen molar-refractivity contribution in [1.82, 2.24) is 5.32 Å². The van der Waals surface area contributed by atoms with Crippen molar-refractivity contribution in [3.8, 4) is 0 Å². The second-order valence-corrected chi connectivity index (χ2v) is 4.30. The zero-order chi connectivity index (χ0) is 11.8. The van der Waals surface area contributed by atoms with Gasteiger partial charge < -0.3 is 19.5 Å². The molecule has 0 saturated carbocycles. The van der Waals surface area contributed by atoms with Crippen LogP contribution in [0.1, 0.15) is 32.1 Å². The van der Waals surface area contributed by atoms with Crippen LogP contribution in [-0.4, -0.2) is 46.3 Å². The van der Waals surface area contributed by atoms with Gasteiger partial charge in [-0.1, -0.05) is 0 Å². The predicted octanol–water partition coefficient (Wildman–Crippen LogP) is 1.54. The molecule has 1 heterocycles. The molecule has 0 aliphatic carbocycles. The van der Waals surface area contributed by atoms with E-state index in [1.807, 2.05) is 7.05 Å². The summed E-state index contributed by atoms with van der Waals surface area (Å²) >= 11 is 0. The Bertz CT molecular complexity index is 168. The Labute approximate surface area is 98.6 Å². The summed E-state index contributed by atoms with van der Waals surface area (Å²) in [5.74, 6) is 0. The standard InChI is InChI=1S/C12H25NO3/c1-13-11(12(14-2)15-3)8-4-6-10-7-5-9-16-10/h10-13H,4-9H2,1-3H3. The number of hydrogen-bond donors (Lipinski definition) is 1. The maximum absolute atomic E-state index is 5.60. The third-order valence-corrected chi connectivity index (χ3v) is 3.23. The topological polar surface area (TPSA) is 39.7 Å². The van der Waals surface area contributed by atoms with Crippen molar-refractivity contribution in [1.29, 1.82) is 0 Å². The predicted molar refractivity (Wildman–Crippen MR) is 63.5 cm³/mol. The smallest absolute Gasteiger partial charge is 0.171 e. The van der Waals surface area contributed by atoms with Crippen molar-refractivity contribution in [3.05, 3.63) is 0 Å². The van der Waals surface area contributed by atoms with Crippen molar-refractivity contribution >= 4 is 0 Å². The highest BCUT2D eigenvalue weighted by Crippen LogP contribution is 2.19. The summed E-state index contributed by atoms with van der Waals surface area (Å²) in [4.78, 5) is 0. The van der Waals surface area contributed by atoms with Crippen LogP contribution in [0.2, 0.25) is 0 Å². The molecule has 0 aromatic carbocycles. The molecule has 4 nitrogen and oxygen atoms in total. The van der Waals surface area contributed by atoms with Gasteiger partial charge >= 0.3 is 0 Å². The van der Waals surface area contributed by atoms with E-state index < -0.39 is 0 Å². The van der Waals surface area contributed by atoms with Gasteiger partial charge in [-0.25, -0.2) is 0 Å². The molecule has 2 atom stereocenters. The van der Waals surface area contributed by atoms with Gasteiger partial charge in [0, 0.05) is 20.8 Å². The van der Waals surface area contributed by atoms with Crippen molar-refractivity contribution in [2.75, 3.05) is 27.9 Å². The van der Waals surface area contributed by atoms with Gasteiger partial charge in [0.15, 0.2) is 6.29 Å². The molecule has 1 N–H and O–H groups in total. The van der Waals surface area contributed by atoms with Gasteiger partial charge in [-0.3, -0.25) is 0 Å². The first-order chi connectivity index (χ1) is 7.81. The minimum absolute atomic E-state index is 0.158. The summed E-state index contributed by atoms with van der Waals surface area (Å²) in [6.45, 7) is 0.943. The van der Waals surface area contributed by atoms with E-state index in [-0.39, 0.29) is 12.3 Å². The molecular formula is C12H25NO3. The number of rotatable bonds is 8. The monoisotopic (exact) mass is 231 g/mol. The number of likely N-dealkylation sites (N-methyl/N-ethyl adjacent to an activating group) is 1. The Morgan fingerprint density at radius 3 is 2.62 bits per heavy atom. The van der Waals surface area contributed by atoms with Gasteiger partial charge in [0.05, 0.1) is 12.1 Å². The van der Waals surface area contributed by atoms with Crippen LogP contribution >= 0.6 is 0 Å². The van der Waals surface area contributed by atoms with E-state index in [9.17, 15) is 0 Å². The first-order valence-electron chi connectivity index (χ1n) is 6.16. The Kier molecular flexibility index (Phi) is 6.96. The van der Waals surface area contributed by atoms with E-state index in [0.717, 1.165) is 25.9 Å². The summed E-state index contributed by atoms with van der Waals surface area (Å²) in [5, 5.41) is 3.24. The quantitative estimate of drug-likeness (QED) is 0.643. The van der Waals surface area contributed by atoms with Crippen LogP contribution in [0.15, 0.2) is 0 Å². The van der Waals surface area contributed by atoms with Crippen molar-refractivity contribution in [3.63, 3.8) is 0 Å². The molecule has 0 bridgehead atoms. The molecule has 1 saturated heterocycles. The number of methoxy groups -OCH3 is 2.